The maximum atomic E-state index is 13.3. The number of nitrogens with one attached hydrogen (secondary N) is 5. The molecule has 2 saturated carbocycles. The van der Waals surface area contributed by atoms with Crippen LogP contribution in [0.4, 0.5) is 0 Å². The summed E-state index contributed by atoms with van der Waals surface area (Å²) in [6.07, 6.45) is 11.2. The summed E-state index contributed by atoms with van der Waals surface area (Å²) in [5.74, 6) is 2.35. The number of carbonyl (C=O) groups is 1. The van der Waals surface area contributed by atoms with E-state index in [9.17, 15) is 4.79 Å². The molecule has 6 fully saturated rings. The van der Waals surface area contributed by atoms with Crippen LogP contribution in [0.2, 0.25) is 5.02 Å². The van der Waals surface area contributed by atoms with Crippen LogP contribution in [-0.4, -0.2) is 87.9 Å². The van der Waals surface area contributed by atoms with E-state index >= 15 is 0 Å². The van der Waals surface area contributed by atoms with E-state index < -0.39 is 0 Å². The van der Waals surface area contributed by atoms with Crippen molar-refractivity contribution >= 4 is 35.0 Å². The van der Waals surface area contributed by atoms with Gasteiger partial charge in [-0.25, -0.2) is 21.7 Å². The van der Waals surface area contributed by atoms with Gasteiger partial charge in [-0.15, -0.1) is 11.8 Å². The molecule has 2 aliphatic carbocycles. The van der Waals surface area contributed by atoms with Gasteiger partial charge >= 0.3 is 0 Å². The van der Waals surface area contributed by atoms with Crippen molar-refractivity contribution in [3.05, 3.63) is 64.2 Å². The Labute approximate surface area is 347 Å². The SMILES string of the molecule is CC1SC2C(C(c3ccc(C4CCC5(CCN(C6CCC(C(=O)NC7CCC(Oc8ccc(C#N)c(Cl)c8)CC7)NN6)C5)C4)cc3)=N[C@@H](C)C3NNC(C)N23)C1C. The molecular weight excluding hydrogens is 754 g/mol. The highest BCUT2D eigenvalue weighted by Crippen LogP contribution is 2.53. The first kappa shape index (κ1) is 39.7. The molecule has 5 N–H and O–H groups in total. The van der Waals surface area contributed by atoms with E-state index in [1.54, 1.807) is 18.2 Å². The van der Waals surface area contributed by atoms with Crippen molar-refractivity contribution < 1.29 is 9.53 Å². The number of carbonyl (C=O) groups excluding carboxylic acids is 1. The average Bonchev–Trinajstić information content (AvgIpc) is 3.99. The van der Waals surface area contributed by atoms with Crippen LogP contribution in [0, 0.1) is 28.6 Å². The number of fused-ring (bicyclic) bond motifs is 3. The minimum atomic E-state index is -0.224. The van der Waals surface area contributed by atoms with Gasteiger partial charge < -0.3 is 10.1 Å². The zero-order valence-corrected chi connectivity index (χ0v) is 35.4. The van der Waals surface area contributed by atoms with E-state index in [-0.39, 0.29) is 48.6 Å². The Morgan fingerprint density at radius 3 is 2.53 bits per heavy atom. The molecular formula is C44H60ClN9O2S. The van der Waals surface area contributed by atoms with E-state index in [0.29, 0.717) is 50.1 Å². The molecule has 7 aliphatic rings. The summed E-state index contributed by atoms with van der Waals surface area (Å²) in [6, 6.07) is 17.0. The Bertz CT molecular complexity index is 1860. The first-order valence-corrected chi connectivity index (χ1v) is 22.9. The molecule has 57 heavy (non-hydrogen) atoms. The number of hydrazine groups is 2. The van der Waals surface area contributed by atoms with Crippen LogP contribution < -0.4 is 31.8 Å². The highest BCUT2D eigenvalue weighted by atomic mass is 35.5. The Hall–Kier alpha value is -2.73. The van der Waals surface area contributed by atoms with Gasteiger partial charge in [-0.1, -0.05) is 49.7 Å². The van der Waals surface area contributed by atoms with Crippen LogP contribution in [0.15, 0.2) is 47.5 Å². The Balaban J connectivity index is 0.744. The van der Waals surface area contributed by atoms with E-state index in [2.05, 4.69) is 107 Å². The standard InChI is InChI=1S/C44H60ClN9O2S/c1-25-27(3)57-43-39(25)40(47-26(2)41-52-49-28(4)54(41)43)30-7-5-29(6-8-30)31-17-18-44(22-31)19-20-53(24-44)38-16-15-37(50-51-38)42(55)48-33-10-13-34(14-11-33)56-35-12-9-32(23-46)36(45)21-35/h5-9,12,21,25-28,31,33-34,37-39,41,43,49-52H,10-11,13-20,22,24H2,1-4H3,(H,48,55)/t25?,26-,27?,28?,31?,33?,34?,37?,38?,39?,41?,43?,44?/m0/s1. The van der Waals surface area contributed by atoms with Crippen molar-refractivity contribution in [3.63, 3.8) is 0 Å². The van der Waals surface area contributed by atoms with Gasteiger partial charge in [0, 0.05) is 42.1 Å². The summed E-state index contributed by atoms with van der Waals surface area (Å²) in [4.78, 5) is 24.0. The third-order valence-electron chi connectivity index (χ3n) is 14.7. The normalized spacial score (nSPS) is 39.6. The predicted octanol–water partition coefficient (Wildman–Crippen LogP) is 6.25. The molecule has 11 atom stereocenters. The van der Waals surface area contributed by atoms with E-state index in [1.807, 2.05) is 0 Å². The van der Waals surface area contributed by atoms with E-state index in [1.165, 1.54) is 42.5 Å². The molecule has 1 spiro atoms. The topological polar surface area (TPSA) is 129 Å². The summed E-state index contributed by atoms with van der Waals surface area (Å²) < 4.78 is 6.15. The molecule has 11 nitrogen and oxygen atoms in total. The van der Waals surface area contributed by atoms with E-state index in [0.717, 1.165) is 51.6 Å². The summed E-state index contributed by atoms with van der Waals surface area (Å²) >= 11 is 8.32. The van der Waals surface area contributed by atoms with Crippen molar-refractivity contribution in [1.29, 1.82) is 5.26 Å². The molecule has 4 saturated heterocycles. The number of thioether (sulfide) groups is 1. The molecule has 306 valence electrons. The van der Waals surface area contributed by atoms with Crippen LogP contribution >= 0.6 is 23.4 Å². The van der Waals surface area contributed by atoms with E-state index in [4.69, 9.17) is 26.6 Å². The van der Waals surface area contributed by atoms with Gasteiger partial charge in [-0.2, -0.15) is 5.26 Å². The Morgan fingerprint density at radius 1 is 0.982 bits per heavy atom. The predicted molar refractivity (Wildman–Crippen MR) is 227 cm³/mol. The second-order valence-corrected chi connectivity index (χ2v) is 20.2. The monoisotopic (exact) mass is 813 g/mol. The van der Waals surface area contributed by atoms with Crippen molar-refractivity contribution in [2.24, 2.45) is 22.2 Å². The fourth-order valence-corrected chi connectivity index (χ4v) is 13.3. The number of halogens is 1. The van der Waals surface area contributed by atoms with Crippen LogP contribution in [0.25, 0.3) is 0 Å². The molecule has 0 bridgehead atoms. The molecule has 10 unspecified atom stereocenters. The lowest BCUT2D eigenvalue weighted by Gasteiger charge is -2.37. The van der Waals surface area contributed by atoms with Crippen molar-refractivity contribution in [3.8, 4) is 11.8 Å². The average molecular weight is 815 g/mol. The molecule has 9 rings (SSSR count). The number of hydrogen-bond acceptors (Lipinski definition) is 11. The fourth-order valence-electron chi connectivity index (χ4n) is 11.2. The maximum absolute atomic E-state index is 13.3. The number of likely N-dealkylation sites (tertiary alicyclic amines) is 1. The van der Waals surface area contributed by atoms with Gasteiger partial charge in [-0.05, 0) is 119 Å². The smallest absolute Gasteiger partial charge is 0.238 e. The van der Waals surface area contributed by atoms with Crippen molar-refractivity contribution in [1.82, 2.24) is 36.8 Å². The molecule has 2 aromatic rings. The highest BCUT2D eigenvalue weighted by Gasteiger charge is 2.52. The van der Waals surface area contributed by atoms with Gasteiger partial charge in [0.1, 0.15) is 17.9 Å². The summed E-state index contributed by atoms with van der Waals surface area (Å²) in [6.45, 7) is 11.6. The number of nitrogens with zero attached hydrogens (tertiary/aromatic N) is 4. The first-order valence-electron chi connectivity index (χ1n) is 21.6. The zero-order chi connectivity index (χ0) is 39.4. The lowest BCUT2D eigenvalue weighted by Crippen LogP contribution is -2.62. The Kier molecular flexibility index (Phi) is 11.4. The zero-order valence-electron chi connectivity index (χ0n) is 33.8. The fraction of sp³-hybridized carbons (Fsp3) is 0.659. The number of nitriles is 1. The molecule has 0 radical (unpaired) electrons. The number of aliphatic imine (C=N–C) groups is 1. The van der Waals surface area contributed by atoms with Gasteiger partial charge in [-0.3, -0.25) is 19.6 Å². The minimum absolute atomic E-state index is 0.0817. The molecule has 5 heterocycles. The summed E-state index contributed by atoms with van der Waals surface area (Å²) in [7, 11) is 0. The molecule has 5 aliphatic heterocycles. The highest BCUT2D eigenvalue weighted by molar-refractivity contribution is 8.00. The molecule has 0 aromatic heterocycles. The quantitative estimate of drug-likeness (QED) is 0.219. The second kappa shape index (κ2) is 16.4. The van der Waals surface area contributed by atoms with Gasteiger partial charge in [0.05, 0.1) is 46.6 Å². The number of amides is 1. The largest absolute Gasteiger partial charge is 0.490 e. The van der Waals surface area contributed by atoms with Crippen LogP contribution in [-0.2, 0) is 4.79 Å². The Morgan fingerprint density at radius 2 is 1.79 bits per heavy atom. The first-order chi connectivity index (χ1) is 27.6. The summed E-state index contributed by atoms with van der Waals surface area (Å²) in [5, 5.41) is 13.9. The molecule has 1 amide bonds. The third kappa shape index (κ3) is 7.88. The third-order valence-corrected chi connectivity index (χ3v) is 16.7. The van der Waals surface area contributed by atoms with Crippen molar-refractivity contribution in [2.45, 2.75) is 151 Å². The summed E-state index contributed by atoms with van der Waals surface area (Å²) in [5.41, 5.74) is 18.9. The van der Waals surface area contributed by atoms with Crippen LogP contribution in [0.5, 0.6) is 5.75 Å². The number of ether oxygens (including phenoxy) is 1. The molecule has 13 heteroatoms. The number of rotatable bonds is 7. The lowest BCUT2D eigenvalue weighted by atomic mass is 9.82. The van der Waals surface area contributed by atoms with Crippen LogP contribution in [0.3, 0.4) is 0 Å². The van der Waals surface area contributed by atoms with Gasteiger partial charge in [0.15, 0.2) is 0 Å². The molecule has 2 aromatic carbocycles. The number of hydrogen-bond donors (Lipinski definition) is 5. The van der Waals surface area contributed by atoms with Gasteiger partial charge in [0.25, 0.3) is 0 Å². The minimum Gasteiger partial charge on any atom is -0.490 e. The maximum Gasteiger partial charge on any atom is 0.238 e. The lowest BCUT2D eigenvalue weighted by molar-refractivity contribution is -0.125. The second-order valence-electron chi connectivity index (χ2n) is 18.3. The van der Waals surface area contributed by atoms with Gasteiger partial charge in [0.2, 0.25) is 5.91 Å². The van der Waals surface area contributed by atoms with Crippen molar-refractivity contribution in [2.75, 3.05) is 13.1 Å². The number of benzene rings is 2. The van der Waals surface area contributed by atoms with Crippen LogP contribution in [0.1, 0.15) is 115 Å².